The molecule has 0 saturated heterocycles. The molecule has 2 atom stereocenters. The molecule has 0 aliphatic carbocycles. The van der Waals surface area contributed by atoms with E-state index in [4.69, 9.17) is 4.74 Å². The monoisotopic (exact) mass is 328 g/mol. The number of aromatic nitrogens is 1. The number of benzene rings is 1. The topological polar surface area (TPSA) is 82.3 Å². The average molecular weight is 328 g/mol. The molecule has 1 heterocycles. The Morgan fingerprint density at radius 2 is 1.96 bits per heavy atom. The molecule has 0 aliphatic rings. The molecule has 0 radical (unpaired) electrons. The highest BCUT2D eigenvalue weighted by molar-refractivity contribution is 5.94. The molecule has 24 heavy (non-hydrogen) atoms. The summed E-state index contributed by atoms with van der Waals surface area (Å²) in [7, 11) is 1.56. The Labute approximate surface area is 140 Å². The lowest BCUT2D eigenvalue weighted by molar-refractivity contribution is -0.527. The van der Waals surface area contributed by atoms with Crippen LogP contribution in [0.4, 0.5) is 0 Å². The van der Waals surface area contributed by atoms with E-state index in [-0.39, 0.29) is 17.1 Å². The van der Waals surface area contributed by atoms with Gasteiger partial charge in [0, 0.05) is 24.0 Å². The van der Waals surface area contributed by atoms with Gasteiger partial charge in [-0.1, -0.05) is 25.1 Å². The number of nitro groups is 1. The fourth-order valence-corrected chi connectivity index (χ4v) is 2.74. The van der Waals surface area contributed by atoms with Crippen molar-refractivity contribution < 1.29 is 14.5 Å². The number of hydrogen-bond donors (Lipinski definition) is 0. The number of methoxy groups -OCH3 is 1. The minimum absolute atomic E-state index is 0.0445. The Morgan fingerprint density at radius 1 is 1.25 bits per heavy atom. The maximum absolute atomic E-state index is 12.5. The second-order valence-corrected chi connectivity index (χ2v) is 5.48. The Hall–Kier alpha value is -2.76. The number of nitrogens with zero attached hydrogens (tertiary/aromatic N) is 2. The first-order valence-corrected chi connectivity index (χ1v) is 7.78. The number of ether oxygens (including phenoxy) is 1. The normalized spacial score (nSPS) is 13.1. The summed E-state index contributed by atoms with van der Waals surface area (Å²) in [5, 5.41) is 11.4. The first-order valence-electron chi connectivity index (χ1n) is 7.78. The van der Waals surface area contributed by atoms with Gasteiger partial charge in [-0.25, -0.2) is 0 Å². The van der Waals surface area contributed by atoms with Gasteiger partial charge in [-0.15, -0.1) is 0 Å². The van der Waals surface area contributed by atoms with Crippen LogP contribution in [0.1, 0.15) is 41.7 Å². The van der Waals surface area contributed by atoms with Crippen molar-refractivity contribution in [2.75, 3.05) is 7.11 Å². The van der Waals surface area contributed by atoms with E-state index in [1.807, 2.05) is 0 Å². The molecule has 0 aliphatic heterocycles. The number of Topliss-reactive ketones (excluding diaryl/α,β-unsaturated/α-hetero) is 1. The van der Waals surface area contributed by atoms with Crippen LogP contribution in [0.25, 0.3) is 0 Å². The predicted octanol–water partition coefficient (Wildman–Crippen LogP) is 3.50. The van der Waals surface area contributed by atoms with Gasteiger partial charge in [-0.3, -0.25) is 19.9 Å². The molecule has 0 unspecified atom stereocenters. The fourth-order valence-electron chi connectivity index (χ4n) is 2.74. The zero-order valence-corrected chi connectivity index (χ0v) is 13.7. The van der Waals surface area contributed by atoms with Gasteiger partial charge in [0.1, 0.15) is 11.4 Å². The largest absolute Gasteiger partial charge is 0.497 e. The molecule has 6 heteroatoms. The summed E-state index contributed by atoms with van der Waals surface area (Å²) in [6.45, 7) is 1.76. The van der Waals surface area contributed by atoms with Crippen LogP contribution < -0.4 is 4.74 Å². The van der Waals surface area contributed by atoms with E-state index < -0.39 is 12.0 Å². The van der Waals surface area contributed by atoms with Crippen molar-refractivity contribution in [1.29, 1.82) is 0 Å². The highest BCUT2D eigenvalue weighted by Crippen LogP contribution is 2.30. The summed E-state index contributed by atoms with van der Waals surface area (Å²) in [4.78, 5) is 27.7. The van der Waals surface area contributed by atoms with E-state index in [9.17, 15) is 14.9 Å². The van der Waals surface area contributed by atoms with Gasteiger partial charge >= 0.3 is 0 Å². The summed E-state index contributed by atoms with van der Waals surface area (Å²) in [6.07, 6.45) is 1.93. The molecular formula is C18H20N2O4. The molecule has 1 aromatic heterocycles. The third-order valence-corrected chi connectivity index (χ3v) is 4.05. The molecule has 2 aromatic rings. The lowest BCUT2D eigenvalue weighted by Gasteiger charge is -2.20. The molecular weight excluding hydrogens is 308 g/mol. The van der Waals surface area contributed by atoms with Crippen molar-refractivity contribution in [3.05, 3.63) is 70.0 Å². The number of rotatable bonds is 8. The van der Waals surface area contributed by atoms with Gasteiger partial charge in [0.15, 0.2) is 5.78 Å². The number of carbonyl (C=O) groups is 1. The van der Waals surface area contributed by atoms with Crippen LogP contribution in [0.3, 0.4) is 0 Å². The number of carbonyl (C=O) groups excluding carboxylic acids is 1. The highest BCUT2D eigenvalue weighted by Gasteiger charge is 2.33. The van der Waals surface area contributed by atoms with Crippen LogP contribution in [0.15, 0.2) is 48.7 Å². The number of hydrogen-bond acceptors (Lipinski definition) is 5. The van der Waals surface area contributed by atoms with Gasteiger partial charge in [0.2, 0.25) is 6.04 Å². The molecule has 0 N–H and O–H groups in total. The van der Waals surface area contributed by atoms with Crippen molar-refractivity contribution in [1.82, 2.24) is 4.98 Å². The van der Waals surface area contributed by atoms with E-state index in [0.29, 0.717) is 17.9 Å². The van der Waals surface area contributed by atoms with Crippen LogP contribution in [0.2, 0.25) is 0 Å². The zero-order valence-electron chi connectivity index (χ0n) is 13.7. The van der Waals surface area contributed by atoms with Gasteiger partial charge in [-0.2, -0.15) is 0 Å². The van der Waals surface area contributed by atoms with Crippen molar-refractivity contribution in [3.8, 4) is 5.75 Å². The fraction of sp³-hybridized carbons (Fsp3) is 0.333. The summed E-state index contributed by atoms with van der Waals surface area (Å²) >= 11 is 0. The molecule has 126 valence electrons. The molecule has 1 aromatic carbocycles. The third-order valence-electron chi connectivity index (χ3n) is 4.05. The van der Waals surface area contributed by atoms with Crippen LogP contribution >= 0.6 is 0 Å². The van der Waals surface area contributed by atoms with E-state index in [2.05, 4.69) is 4.98 Å². The predicted molar refractivity (Wildman–Crippen MR) is 90.0 cm³/mol. The van der Waals surface area contributed by atoms with E-state index in [1.165, 1.54) is 0 Å². The summed E-state index contributed by atoms with van der Waals surface area (Å²) in [6, 6.07) is 11.3. The second kappa shape index (κ2) is 8.19. The van der Waals surface area contributed by atoms with Crippen molar-refractivity contribution in [2.24, 2.45) is 0 Å². The zero-order chi connectivity index (χ0) is 17.5. The third kappa shape index (κ3) is 4.16. The average Bonchev–Trinajstić information content (AvgIpc) is 2.62. The smallest absolute Gasteiger partial charge is 0.220 e. The first-order chi connectivity index (χ1) is 11.6. The molecule has 0 bridgehead atoms. The second-order valence-electron chi connectivity index (χ2n) is 5.48. The van der Waals surface area contributed by atoms with Crippen LogP contribution in [0.5, 0.6) is 5.75 Å². The molecule has 6 nitrogen and oxygen atoms in total. The Morgan fingerprint density at radius 3 is 2.46 bits per heavy atom. The van der Waals surface area contributed by atoms with Gasteiger partial charge in [0.05, 0.1) is 13.0 Å². The van der Waals surface area contributed by atoms with Crippen molar-refractivity contribution in [2.45, 2.75) is 31.7 Å². The van der Waals surface area contributed by atoms with Gasteiger partial charge in [-0.05, 0) is 29.8 Å². The van der Waals surface area contributed by atoms with E-state index >= 15 is 0 Å². The maximum Gasteiger partial charge on any atom is 0.220 e. The molecule has 0 spiro atoms. The molecule has 0 saturated carbocycles. The number of ketones is 1. The van der Waals surface area contributed by atoms with Crippen LogP contribution in [-0.2, 0) is 0 Å². The maximum atomic E-state index is 12.5. The SMILES string of the molecule is CC[C@@H]([C@@H](CC(=O)c1ccccn1)c1ccc(OC)cc1)[N+](=O)[O-]. The summed E-state index contributed by atoms with van der Waals surface area (Å²) < 4.78 is 5.12. The van der Waals surface area contributed by atoms with Gasteiger partial charge in [0.25, 0.3) is 0 Å². The van der Waals surface area contributed by atoms with Crippen molar-refractivity contribution in [3.63, 3.8) is 0 Å². The standard InChI is InChI=1S/C18H20N2O4/c1-3-17(20(22)23)15(13-7-9-14(24-2)10-8-13)12-18(21)16-6-4-5-11-19-16/h4-11,15,17H,3,12H2,1-2H3/t15-,17-/m0/s1. The Kier molecular flexibility index (Phi) is 6.01. The van der Waals surface area contributed by atoms with Gasteiger partial charge < -0.3 is 4.74 Å². The number of pyridine rings is 1. The molecule has 0 fully saturated rings. The summed E-state index contributed by atoms with van der Waals surface area (Å²) in [5.41, 5.74) is 1.08. The van der Waals surface area contributed by atoms with Crippen LogP contribution in [0, 0.1) is 10.1 Å². The Bertz CT molecular complexity index is 686. The highest BCUT2D eigenvalue weighted by atomic mass is 16.6. The minimum atomic E-state index is -0.828. The lowest BCUT2D eigenvalue weighted by Crippen LogP contribution is -2.29. The first kappa shape index (κ1) is 17.6. The Balaban J connectivity index is 2.31. The van der Waals surface area contributed by atoms with E-state index in [0.717, 1.165) is 5.56 Å². The molecule has 2 rings (SSSR count). The van der Waals surface area contributed by atoms with Crippen molar-refractivity contribution >= 4 is 5.78 Å². The van der Waals surface area contributed by atoms with E-state index in [1.54, 1.807) is 62.7 Å². The minimum Gasteiger partial charge on any atom is -0.497 e. The molecule has 0 amide bonds. The van der Waals surface area contributed by atoms with Crippen LogP contribution in [-0.4, -0.2) is 28.8 Å². The summed E-state index contributed by atoms with van der Waals surface area (Å²) in [5.74, 6) is -0.0372. The lowest BCUT2D eigenvalue weighted by atomic mass is 9.85. The quantitative estimate of drug-likeness (QED) is 0.421.